The monoisotopic (exact) mass is 331 g/mol. The van der Waals surface area contributed by atoms with Gasteiger partial charge in [-0.3, -0.25) is 4.79 Å². The summed E-state index contributed by atoms with van der Waals surface area (Å²) in [5.41, 5.74) is 0.409. The Kier molecular flexibility index (Phi) is 4.78. The number of methoxy groups -OCH3 is 1. The zero-order valence-electron chi connectivity index (χ0n) is 14.2. The Morgan fingerprint density at radius 1 is 1.12 bits per heavy atom. The molecule has 1 amide bonds. The summed E-state index contributed by atoms with van der Waals surface area (Å²) in [5.74, 6) is -0.124. The molecule has 1 aliphatic carbocycles. The lowest BCUT2D eigenvalue weighted by atomic mass is 9.68. The number of carbonyl (C=O) groups is 2. The second-order valence-corrected chi connectivity index (χ2v) is 6.87. The lowest BCUT2D eigenvalue weighted by Gasteiger charge is -2.40. The van der Waals surface area contributed by atoms with E-state index < -0.39 is 17.4 Å². The molecule has 1 aromatic rings. The molecule has 1 unspecified atom stereocenters. The van der Waals surface area contributed by atoms with Crippen molar-refractivity contribution in [1.82, 2.24) is 4.90 Å². The van der Waals surface area contributed by atoms with E-state index in [9.17, 15) is 14.7 Å². The van der Waals surface area contributed by atoms with Gasteiger partial charge in [0.05, 0.1) is 12.5 Å². The molecule has 1 aliphatic heterocycles. The minimum atomic E-state index is -0.887. The van der Waals surface area contributed by atoms with Gasteiger partial charge in [-0.2, -0.15) is 0 Å². The molecular weight excluding hydrogens is 306 g/mol. The van der Waals surface area contributed by atoms with Crippen LogP contribution in [-0.4, -0.2) is 41.6 Å². The molecule has 24 heavy (non-hydrogen) atoms. The fourth-order valence-corrected chi connectivity index (χ4v) is 4.23. The van der Waals surface area contributed by atoms with Gasteiger partial charge in [0.15, 0.2) is 0 Å². The van der Waals surface area contributed by atoms with E-state index in [1.807, 2.05) is 24.3 Å². The van der Waals surface area contributed by atoms with Crippen molar-refractivity contribution in [2.45, 2.75) is 56.4 Å². The number of nitrogens with zero attached hydrogens (tertiary/aromatic N) is 1. The summed E-state index contributed by atoms with van der Waals surface area (Å²) in [6.07, 6.45) is 6.05. The molecule has 5 nitrogen and oxygen atoms in total. The summed E-state index contributed by atoms with van der Waals surface area (Å²) in [5, 5.41) is 9.44. The molecular formula is C19H25NO4. The van der Waals surface area contributed by atoms with Gasteiger partial charge in [-0.1, -0.05) is 31.4 Å². The number of aliphatic carboxylic acids is 1. The van der Waals surface area contributed by atoms with Crippen LogP contribution in [0, 0.1) is 0 Å². The fraction of sp³-hybridized carbons (Fsp3) is 0.579. The highest BCUT2D eigenvalue weighted by Gasteiger charge is 2.47. The van der Waals surface area contributed by atoms with Gasteiger partial charge in [0.2, 0.25) is 5.91 Å². The third-order valence-electron chi connectivity index (χ3n) is 5.56. The highest BCUT2D eigenvalue weighted by Crippen LogP contribution is 2.42. The van der Waals surface area contributed by atoms with E-state index in [4.69, 9.17) is 4.74 Å². The van der Waals surface area contributed by atoms with Gasteiger partial charge in [-0.05, 0) is 43.4 Å². The van der Waals surface area contributed by atoms with Gasteiger partial charge in [0.25, 0.3) is 0 Å². The van der Waals surface area contributed by atoms with Crippen LogP contribution in [0.2, 0.25) is 0 Å². The maximum absolute atomic E-state index is 13.4. The minimum Gasteiger partial charge on any atom is -0.497 e. The van der Waals surface area contributed by atoms with Crippen LogP contribution in [0.4, 0.5) is 0 Å². The molecule has 130 valence electrons. The summed E-state index contributed by atoms with van der Waals surface area (Å²) in [4.78, 5) is 26.5. The van der Waals surface area contributed by atoms with Gasteiger partial charge in [-0.15, -0.1) is 0 Å². The minimum absolute atomic E-state index is 0.00253. The molecule has 5 heteroatoms. The van der Waals surface area contributed by atoms with Crippen molar-refractivity contribution in [2.24, 2.45) is 0 Å². The lowest BCUT2D eigenvalue weighted by molar-refractivity contribution is -0.151. The molecule has 1 atom stereocenters. The van der Waals surface area contributed by atoms with Crippen molar-refractivity contribution in [3.63, 3.8) is 0 Å². The van der Waals surface area contributed by atoms with Gasteiger partial charge < -0.3 is 14.7 Å². The van der Waals surface area contributed by atoms with Crippen molar-refractivity contribution in [3.8, 4) is 5.75 Å². The molecule has 1 saturated carbocycles. The van der Waals surface area contributed by atoms with Gasteiger partial charge in [0.1, 0.15) is 11.8 Å². The van der Waals surface area contributed by atoms with Gasteiger partial charge in [0, 0.05) is 6.54 Å². The van der Waals surface area contributed by atoms with Crippen molar-refractivity contribution >= 4 is 11.9 Å². The van der Waals surface area contributed by atoms with E-state index in [1.54, 1.807) is 12.0 Å². The summed E-state index contributed by atoms with van der Waals surface area (Å²) in [6.45, 7) is 0.549. The standard InChI is InChI=1S/C19H25NO4/c1-24-15-9-7-14(8-10-15)19(11-3-2-4-12-19)18(23)20-13-5-6-16(20)17(21)22/h7-10,16H,2-6,11-13H2,1H3,(H,21,22). The average Bonchev–Trinajstić information content (AvgIpc) is 3.11. The van der Waals surface area contributed by atoms with Crippen LogP contribution in [-0.2, 0) is 15.0 Å². The van der Waals surface area contributed by atoms with Crippen molar-refractivity contribution in [1.29, 1.82) is 0 Å². The molecule has 2 aliphatic rings. The largest absolute Gasteiger partial charge is 0.497 e. The Bertz CT molecular complexity index is 604. The highest BCUT2D eigenvalue weighted by molar-refractivity contribution is 5.92. The Balaban J connectivity index is 1.95. The Labute approximate surface area is 142 Å². The van der Waals surface area contributed by atoms with Crippen LogP contribution in [0.1, 0.15) is 50.5 Å². The molecule has 0 aromatic heterocycles. The van der Waals surface area contributed by atoms with Crippen LogP contribution in [0.5, 0.6) is 5.75 Å². The van der Waals surface area contributed by atoms with E-state index in [0.717, 1.165) is 49.8 Å². The highest BCUT2D eigenvalue weighted by atomic mass is 16.5. The number of hydrogen-bond acceptors (Lipinski definition) is 3. The zero-order chi connectivity index (χ0) is 17.2. The second-order valence-electron chi connectivity index (χ2n) is 6.87. The quantitative estimate of drug-likeness (QED) is 0.921. The number of ether oxygens (including phenoxy) is 1. The SMILES string of the molecule is COc1ccc(C2(C(=O)N3CCCC3C(=O)O)CCCCC2)cc1. The zero-order valence-corrected chi connectivity index (χ0v) is 14.2. The maximum atomic E-state index is 13.4. The molecule has 0 radical (unpaired) electrons. The summed E-state index contributed by atoms with van der Waals surface area (Å²) >= 11 is 0. The van der Waals surface area contributed by atoms with Crippen LogP contribution < -0.4 is 4.74 Å². The van der Waals surface area contributed by atoms with Gasteiger partial charge in [-0.25, -0.2) is 4.79 Å². The van der Waals surface area contributed by atoms with Crippen LogP contribution in [0.3, 0.4) is 0 Å². The average molecular weight is 331 g/mol. The first-order valence-corrected chi connectivity index (χ1v) is 8.77. The maximum Gasteiger partial charge on any atom is 0.326 e. The number of amides is 1. The first kappa shape index (κ1) is 16.8. The first-order valence-electron chi connectivity index (χ1n) is 8.77. The molecule has 0 spiro atoms. The van der Waals surface area contributed by atoms with E-state index in [-0.39, 0.29) is 5.91 Å². The lowest BCUT2D eigenvalue weighted by Crippen LogP contribution is -2.51. The molecule has 0 bridgehead atoms. The molecule has 1 heterocycles. The number of hydrogen-bond donors (Lipinski definition) is 1. The van der Waals surface area contributed by atoms with E-state index >= 15 is 0 Å². The number of likely N-dealkylation sites (tertiary alicyclic amines) is 1. The molecule has 3 rings (SSSR count). The number of carboxylic acid groups (broad SMARTS) is 1. The Morgan fingerprint density at radius 3 is 2.38 bits per heavy atom. The first-order chi connectivity index (χ1) is 11.6. The predicted octanol–water partition coefficient (Wildman–Crippen LogP) is 2.97. The van der Waals surface area contributed by atoms with Gasteiger partial charge >= 0.3 is 5.97 Å². The summed E-state index contributed by atoms with van der Waals surface area (Å²) in [6, 6.07) is 7.03. The van der Waals surface area contributed by atoms with Crippen molar-refractivity contribution in [2.75, 3.05) is 13.7 Å². The van der Waals surface area contributed by atoms with Crippen molar-refractivity contribution in [3.05, 3.63) is 29.8 Å². The molecule has 1 aromatic carbocycles. The molecule has 1 N–H and O–H groups in total. The normalized spacial score (nSPS) is 23.0. The predicted molar refractivity (Wildman–Crippen MR) is 90.1 cm³/mol. The third-order valence-corrected chi connectivity index (χ3v) is 5.56. The summed E-state index contributed by atoms with van der Waals surface area (Å²) in [7, 11) is 1.62. The number of rotatable bonds is 4. The van der Waals surface area contributed by atoms with Crippen molar-refractivity contribution < 1.29 is 19.4 Å². The number of carboxylic acids is 1. The van der Waals surface area contributed by atoms with Crippen LogP contribution in [0.25, 0.3) is 0 Å². The van der Waals surface area contributed by atoms with Crippen LogP contribution >= 0.6 is 0 Å². The van der Waals surface area contributed by atoms with E-state index in [0.29, 0.717) is 13.0 Å². The van der Waals surface area contributed by atoms with Crippen LogP contribution in [0.15, 0.2) is 24.3 Å². The number of carbonyl (C=O) groups excluding carboxylic acids is 1. The summed E-state index contributed by atoms with van der Waals surface area (Å²) < 4.78 is 5.23. The molecule has 2 fully saturated rings. The Morgan fingerprint density at radius 2 is 1.79 bits per heavy atom. The smallest absolute Gasteiger partial charge is 0.326 e. The molecule has 1 saturated heterocycles. The third kappa shape index (κ3) is 2.87. The second kappa shape index (κ2) is 6.83. The Hall–Kier alpha value is -2.04. The number of benzene rings is 1. The fourth-order valence-electron chi connectivity index (χ4n) is 4.23. The topological polar surface area (TPSA) is 66.8 Å². The van der Waals surface area contributed by atoms with E-state index in [2.05, 4.69) is 0 Å². The van der Waals surface area contributed by atoms with E-state index in [1.165, 1.54) is 0 Å².